The third kappa shape index (κ3) is 1.78. The van der Waals surface area contributed by atoms with Crippen LogP contribution in [-0.2, 0) is 9.90 Å². The molecule has 16 heavy (non-hydrogen) atoms. The van der Waals surface area contributed by atoms with Gasteiger partial charge in [0, 0.05) is 23.5 Å². The highest BCUT2D eigenvalue weighted by Crippen LogP contribution is 2.25. The van der Waals surface area contributed by atoms with Crippen LogP contribution in [0.1, 0.15) is 24.5 Å². The van der Waals surface area contributed by atoms with Crippen LogP contribution >= 0.6 is 0 Å². The summed E-state index contributed by atoms with van der Waals surface area (Å²) in [5, 5.41) is 15.6. The maximum Gasteiger partial charge on any atom is 0.240 e. The van der Waals surface area contributed by atoms with Crippen molar-refractivity contribution < 1.29 is 9.90 Å². The van der Waals surface area contributed by atoms with Crippen LogP contribution in [0, 0.1) is 12.8 Å². The maximum atomic E-state index is 11.5. The summed E-state index contributed by atoms with van der Waals surface area (Å²) >= 11 is 0. The molecule has 0 aliphatic carbocycles. The van der Waals surface area contributed by atoms with Crippen molar-refractivity contribution in [3.63, 3.8) is 0 Å². The van der Waals surface area contributed by atoms with E-state index < -0.39 is 0 Å². The van der Waals surface area contributed by atoms with Gasteiger partial charge in [-0.2, -0.15) is 5.10 Å². The SMILES string of the molecule is Cc1c([O])cccc1C1=NNC(=O)CC1C. The van der Waals surface area contributed by atoms with E-state index in [0.29, 0.717) is 12.0 Å². The Hall–Kier alpha value is -1.84. The molecule has 1 atom stereocenters. The molecule has 0 bridgehead atoms. The smallest absolute Gasteiger partial charge is 0.240 e. The van der Waals surface area contributed by atoms with E-state index in [2.05, 4.69) is 10.5 Å². The van der Waals surface area contributed by atoms with E-state index in [1.807, 2.05) is 13.0 Å². The van der Waals surface area contributed by atoms with Gasteiger partial charge in [-0.3, -0.25) is 9.90 Å². The van der Waals surface area contributed by atoms with Crippen LogP contribution < -0.4 is 5.43 Å². The second-order valence-electron chi connectivity index (χ2n) is 4.07. The fourth-order valence-corrected chi connectivity index (χ4v) is 1.87. The minimum absolute atomic E-state index is 0.00398. The maximum absolute atomic E-state index is 11.5. The van der Waals surface area contributed by atoms with Gasteiger partial charge in [0.25, 0.3) is 0 Å². The van der Waals surface area contributed by atoms with E-state index in [9.17, 15) is 9.90 Å². The van der Waals surface area contributed by atoms with Crippen molar-refractivity contribution >= 4 is 11.6 Å². The first kappa shape index (κ1) is 10.7. The number of nitrogens with zero attached hydrogens (tertiary/aromatic N) is 1. The molecule has 0 spiro atoms. The van der Waals surface area contributed by atoms with Crippen molar-refractivity contribution in [2.75, 3.05) is 0 Å². The molecule has 0 aromatic heterocycles. The first-order chi connectivity index (χ1) is 7.59. The molecule has 1 aliphatic heterocycles. The molecule has 0 saturated carbocycles. The van der Waals surface area contributed by atoms with Gasteiger partial charge in [-0.15, -0.1) is 0 Å². The van der Waals surface area contributed by atoms with Crippen LogP contribution in [-0.4, -0.2) is 11.6 Å². The molecule has 2 rings (SSSR count). The van der Waals surface area contributed by atoms with E-state index in [1.165, 1.54) is 6.07 Å². The average molecular weight is 217 g/mol. The van der Waals surface area contributed by atoms with Gasteiger partial charge in [0.1, 0.15) is 0 Å². The second kappa shape index (κ2) is 3.96. The van der Waals surface area contributed by atoms with Gasteiger partial charge in [-0.05, 0) is 13.0 Å². The van der Waals surface area contributed by atoms with Gasteiger partial charge in [0.15, 0.2) is 5.75 Å². The summed E-state index contributed by atoms with van der Waals surface area (Å²) in [5.41, 5.74) is 4.76. The van der Waals surface area contributed by atoms with Crippen molar-refractivity contribution in [1.82, 2.24) is 5.43 Å². The lowest BCUT2D eigenvalue weighted by molar-refractivity contribution is -0.121. The van der Waals surface area contributed by atoms with Crippen LogP contribution in [0.15, 0.2) is 23.3 Å². The average Bonchev–Trinajstić information content (AvgIpc) is 2.23. The molecule has 1 N–H and O–H groups in total. The van der Waals surface area contributed by atoms with Crippen LogP contribution in [0.4, 0.5) is 0 Å². The highest BCUT2D eigenvalue weighted by molar-refractivity contribution is 6.06. The number of nitrogens with one attached hydrogen (secondary N) is 1. The molecule has 1 aliphatic rings. The predicted octanol–water partition coefficient (Wildman–Crippen LogP) is 2.00. The van der Waals surface area contributed by atoms with Crippen molar-refractivity contribution in [3.05, 3.63) is 29.3 Å². The minimum atomic E-state index is -0.0767. The van der Waals surface area contributed by atoms with Crippen molar-refractivity contribution in [3.8, 4) is 5.75 Å². The Morgan fingerprint density at radius 1 is 1.44 bits per heavy atom. The quantitative estimate of drug-likeness (QED) is 0.768. The number of carbonyl (C=O) groups is 1. The molecule has 0 fully saturated rings. The highest BCUT2D eigenvalue weighted by atomic mass is 16.3. The van der Waals surface area contributed by atoms with E-state index >= 15 is 0 Å². The summed E-state index contributed by atoms with van der Waals surface area (Å²) in [6, 6.07) is 5.12. The van der Waals surface area contributed by atoms with E-state index in [-0.39, 0.29) is 17.6 Å². The van der Waals surface area contributed by atoms with Gasteiger partial charge in [-0.25, -0.2) is 5.43 Å². The molecule has 1 radical (unpaired) electrons. The summed E-state index contributed by atoms with van der Waals surface area (Å²) in [5.74, 6) is -0.0225. The second-order valence-corrected chi connectivity index (χ2v) is 4.07. The first-order valence-electron chi connectivity index (χ1n) is 5.23. The Balaban J connectivity index is 2.45. The zero-order chi connectivity index (χ0) is 11.7. The fraction of sp³-hybridized carbons (Fsp3) is 0.333. The summed E-state index contributed by atoms with van der Waals surface area (Å²) < 4.78 is 0. The normalized spacial score (nSPS) is 20.2. The van der Waals surface area contributed by atoms with Crippen LogP contribution in [0.5, 0.6) is 5.75 Å². The van der Waals surface area contributed by atoms with Crippen LogP contribution in [0.25, 0.3) is 0 Å². The number of carbonyl (C=O) groups excluding carboxylic acids is 1. The topological polar surface area (TPSA) is 61.4 Å². The molecule has 1 unspecified atom stereocenters. The number of amides is 1. The Labute approximate surface area is 94.0 Å². The largest absolute Gasteiger partial charge is 0.290 e. The van der Waals surface area contributed by atoms with E-state index in [4.69, 9.17) is 0 Å². The number of hydrogen-bond donors (Lipinski definition) is 1. The monoisotopic (exact) mass is 217 g/mol. The third-order valence-corrected chi connectivity index (χ3v) is 2.82. The molecule has 1 aromatic rings. The predicted molar refractivity (Wildman–Crippen MR) is 59.8 cm³/mol. The number of benzene rings is 1. The Morgan fingerprint density at radius 2 is 2.19 bits per heavy atom. The molecule has 0 saturated heterocycles. The van der Waals surface area contributed by atoms with Crippen molar-refractivity contribution in [2.24, 2.45) is 11.0 Å². The zero-order valence-corrected chi connectivity index (χ0v) is 9.28. The number of hydrazone groups is 1. The Morgan fingerprint density at radius 3 is 2.88 bits per heavy atom. The lowest BCUT2D eigenvalue weighted by atomic mass is 9.91. The third-order valence-electron chi connectivity index (χ3n) is 2.82. The molecule has 4 nitrogen and oxygen atoms in total. The number of hydrogen-bond acceptors (Lipinski definition) is 2. The van der Waals surface area contributed by atoms with Crippen LogP contribution in [0.2, 0.25) is 0 Å². The summed E-state index contributed by atoms with van der Waals surface area (Å²) in [4.78, 5) is 11.1. The van der Waals surface area contributed by atoms with Gasteiger partial charge in [0.05, 0.1) is 5.71 Å². The fourth-order valence-electron chi connectivity index (χ4n) is 1.87. The Bertz CT molecular complexity index is 466. The van der Waals surface area contributed by atoms with Crippen molar-refractivity contribution in [2.45, 2.75) is 20.3 Å². The molecule has 83 valence electrons. The molecule has 1 amide bonds. The van der Waals surface area contributed by atoms with Gasteiger partial charge in [0.2, 0.25) is 5.91 Å². The number of rotatable bonds is 1. The van der Waals surface area contributed by atoms with Gasteiger partial charge < -0.3 is 0 Å². The van der Waals surface area contributed by atoms with Crippen molar-refractivity contribution in [1.29, 1.82) is 0 Å². The molecular weight excluding hydrogens is 204 g/mol. The van der Waals surface area contributed by atoms with Crippen LogP contribution in [0.3, 0.4) is 0 Å². The molecular formula is C12H13N2O2. The Kier molecular flexibility index (Phi) is 2.64. The van der Waals surface area contributed by atoms with Gasteiger partial charge in [-0.1, -0.05) is 19.1 Å². The summed E-state index contributed by atoms with van der Waals surface area (Å²) in [6.07, 6.45) is 0.418. The zero-order valence-electron chi connectivity index (χ0n) is 9.28. The lowest BCUT2D eigenvalue weighted by Crippen LogP contribution is -2.32. The summed E-state index contributed by atoms with van der Waals surface area (Å²) in [7, 11) is 0. The first-order valence-corrected chi connectivity index (χ1v) is 5.23. The highest BCUT2D eigenvalue weighted by Gasteiger charge is 2.23. The minimum Gasteiger partial charge on any atom is -0.290 e. The summed E-state index contributed by atoms with van der Waals surface area (Å²) in [6.45, 7) is 3.72. The lowest BCUT2D eigenvalue weighted by Gasteiger charge is -2.20. The molecule has 1 aromatic carbocycles. The van der Waals surface area contributed by atoms with E-state index in [1.54, 1.807) is 13.0 Å². The molecule has 1 heterocycles. The standard InChI is InChI=1S/C12H13N2O2/c1-7-6-11(16)13-14-12(7)9-4-3-5-10(15)8(9)2/h3-5,7H,6H2,1-2H3,(H,13,16). The molecule has 4 heteroatoms. The van der Waals surface area contributed by atoms with Gasteiger partial charge >= 0.3 is 0 Å². The van der Waals surface area contributed by atoms with E-state index in [0.717, 1.165) is 11.3 Å².